The minimum Gasteiger partial charge on any atom is -0.487 e. The van der Waals surface area contributed by atoms with Crippen molar-refractivity contribution in [1.29, 1.82) is 0 Å². The molecule has 1 aromatic carbocycles. The van der Waals surface area contributed by atoms with E-state index in [2.05, 4.69) is 0 Å². The molecule has 0 N–H and O–H groups in total. The Labute approximate surface area is 128 Å². The van der Waals surface area contributed by atoms with Crippen molar-refractivity contribution in [3.05, 3.63) is 58.6 Å². The van der Waals surface area contributed by atoms with E-state index in [1.54, 1.807) is 43.3 Å². The van der Waals surface area contributed by atoms with Gasteiger partial charge in [0.15, 0.2) is 0 Å². The number of nitrogens with zero attached hydrogens (tertiary/aromatic N) is 1. The van der Waals surface area contributed by atoms with Gasteiger partial charge in [0.1, 0.15) is 17.6 Å². The third-order valence-electron chi connectivity index (χ3n) is 3.37. The van der Waals surface area contributed by atoms with E-state index in [1.807, 2.05) is 0 Å². The van der Waals surface area contributed by atoms with Crippen LogP contribution in [0.25, 0.3) is 0 Å². The van der Waals surface area contributed by atoms with E-state index >= 15 is 0 Å². The number of benzene rings is 1. The lowest BCUT2D eigenvalue weighted by Gasteiger charge is -2.37. The Morgan fingerprint density at radius 1 is 1.18 bits per heavy atom. The Morgan fingerprint density at radius 2 is 1.86 bits per heavy atom. The van der Waals surface area contributed by atoms with Crippen molar-refractivity contribution in [1.82, 2.24) is 4.31 Å². The van der Waals surface area contributed by atoms with E-state index in [1.165, 1.54) is 10.4 Å². The second-order valence-electron chi connectivity index (χ2n) is 5.10. The number of ether oxygens (including phenoxy) is 1. The van der Waals surface area contributed by atoms with Gasteiger partial charge in [-0.15, -0.1) is 0 Å². The highest BCUT2D eigenvalue weighted by molar-refractivity contribution is 7.89. The summed E-state index contributed by atoms with van der Waals surface area (Å²) in [6, 6.07) is 11.1. The zero-order valence-corrected chi connectivity index (χ0v) is 12.7. The molecule has 0 atom stereocenters. The van der Waals surface area contributed by atoms with Crippen molar-refractivity contribution in [3.63, 3.8) is 0 Å². The van der Waals surface area contributed by atoms with E-state index in [0.717, 1.165) is 0 Å². The zero-order valence-electron chi connectivity index (χ0n) is 11.9. The molecule has 1 aliphatic rings. The van der Waals surface area contributed by atoms with Gasteiger partial charge in [-0.3, -0.25) is 0 Å². The number of hydrogen-bond acceptors (Lipinski definition) is 5. The molecule has 116 valence electrons. The van der Waals surface area contributed by atoms with Crippen molar-refractivity contribution in [2.45, 2.75) is 17.9 Å². The monoisotopic (exact) mass is 321 g/mol. The largest absolute Gasteiger partial charge is 0.487 e. The maximum Gasteiger partial charge on any atom is 0.339 e. The van der Waals surface area contributed by atoms with E-state index < -0.39 is 15.6 Å². The summed E-state index contributed by atoms with van der Waals surface area (Å²) in [6.07, 6.45) is -0.264. The lowest BCUT2D eigenvalue weighted by atomic mass is 10.2. The molecule has 0 amide bonds. The van der Waals surface area contributed by atoms with Crippen LogP contribution in [0.1, 0.15) is 5.76 Å². The molecule has 0 unspecified atom stereocenters. The predicted molar refractivity (Wildman–Crippen MR) is 79.3 cm³/mol. The van der Waals surface area contributed by atoms with Crippen LogP contribution in [0.15, 0.2) is 56.6 Å². The van der Waals surface area contributed by atoms with Crippen molar-refractivity contribution in [2.75, 3.05) is 13.1 Å². The molecule has 1 fully saturated rings. The van der Waals surface area contributed by atoms with Crippen LogP contribution in [0.4, 0.5) is 0 Å². The van der Waals surface area contributed by atoms with Crippen LogP contribution in [0, 0.1) is 6.92 Å². The molecule has 2 aromatic rings. The Hall–Kier alpha value is -2.12. The second-order valence-corrected chi connectivity index (χ2v) is 7.04. The lowest BCUT2D eigenvalue weighted by Crippen LogP contribution is -2.55. The smallest absolute Gasteiger partial charge is 0.339 e. The molecule has 6 nitrogen and oxygen atoms in total. The van der Waals surface area contributed by atoms with Gasteiger partial charge in [-0.05, 0) is 19.1 Å². The fourth-order valence-electron chi connectivity index (χ4n) is 2.25. The van der Waals surface area contributed by atoms with Gasteiger partial charge in [0.05, 0.1) is 24.1 Å². The van der Waals surface area contributed by atoms with Crippen molar-refractivity contribution in [3.8, 4) is 5.75 Å². The van der Waals surface area contributed by atoms with Crippen molar-refractivity contribution < 1.29 is 17.6 Å². The van der Waals surface area contributed by atoms with E-state index in [9.17, 15) is 13.2 Å². The average Bonchev–Trinajstić information content (AvgIpc) is 2.42. The van der Waals surface area contributed by atoms with Crippen LogP contribution in [0.3, 0.4) is 0 Å². The second kappa shape index (κ2) is 5.58. The average molecular weight is 321 g/mol. The van der Waals surface area contributed by atoms with Crippen molar-refractivity contribution in [2.24, 2.45) is 0 Å². The van der Waals surface area contributed by atoms with Gasteiger partial charge < -0.3 is 9.15 Å². The minimum absolute atomic E-state index is 0.260. The van der Waals surface area contributed by atoms with Crippen LogP contribution >= 0.6 is 0 Å². The normalized spacial score (nSPS) is 16.2. The number of rotatable bonds is 4. The first kappa shape index (κ1) is 14.8. The summed E-state index contributed by atoms with van der Waals surface area (Å²) >= 11 is 0. The Morgan fingerprint density at radius 3 is 2.50 bits per heavy atom. The maximum absolute atomic E-state index is 12.3. The molecule has 1 aromatic heterocycles. The standard InChI is InChI=1S/C15H15NO5S/c1-11-7-12(8-15(17)20-11)21-13-9-16(10-13)22(18,19)14-5-3-2-4-6-14/h2-8,13H,9-10H2,1H3. The first-order valence-corrected chi connectivity index (χ1v) is 8.23. The maximum atomic E-state index is 12.3. The SMILES string of the molecule is Cc1cc(OC2CN(S(=O)(=O)c3ccccc3)C2)cc(=O)o1. The Bertz CT molecular complexity index is 823. The summed E-state index contributed by atoms with van der Waals surface area (Å²) in [6.45, 7) is 2.17. The first-order chi connectivity index (χ1) is 10.4. The molecule has 2 heterocycles. The van der Waals surface area contributed by atoms with Crippen LogP contribution < -0.4 is 10.4 Å². The Kier molecular flexibility index (Phi) is 3.76. The summed E-state index contributed by atoms with van der Waals surface area (Å²) in [5, 5.41) is 0. The molecule has 7 heteroatoms. The molecule has 1 aliphatic heterocycles. The van der Waals surface area contributed by atoms with Gasteiger partial charge in [-0.25, -0.2) is 13.2 Å². The zero-order chi connectivity index (χ0) is 15.7. The molecule has 0 spiro atoms. The van der Waals surface area contributed by atoms with Gasteiger partial charge in [0.2, 0.25) is 10.0 Å². The van der Waals surface area contributed by atoms with Gasteiger partial charge >= 0.3 is 5.63 Å². The van der Waals surface area contributed by atoms with Crippen LogP contribution in [0.2, 0.25) is 0 Å². The van der Waals surface area contributed by atoms with Gasteiger partial charge in [-0.1, -0.05) is 18.2 Å². The van der Waals surface area contributed by atoms with Crippen LogP contribution in [0.5, 0.6) is 5.75 Å². The minimum atomic E-state index is -3.47. The summed E-state index contributed by atoms with van der Waals surface area (Å²) in [5.41, 5.74) is -0.483. The summed E-state index contributed by atoms with van der Waals surface area (Å²) in [7, 11) is -3.47. The topological polar surface area (TPSA) is 76.8 Å². The highest BCUT2D eigenvalue weighted by Crippen LogP contribution is 2.24. The predicted octanol–water partition coefficient (Wildman–Crippen LogP) is 1.40. The molecule has 0 radical (unpaired) electrons. The fraction of sp³-hybridized carbons (Fsp3) is 0.267. The highest BCUT2D eigenvalue weighted by Gasteiger charge is 2.38. The lowest BCUT2D eigenvalue weighted by molar-refractivity contribution is 0.0754. The third kappa shape index (κ3) is 2.90. The number of hydrogen-bond donors (Lipinski definition) is 0. The molecule has 0 aliphatic carbocycles. The van der Waals surface area contributed by atoms with Crippen LogP contribution in [-0.2, 0) is 10.0 Å². The first-order valence-electron chi connectivity index (χ1n) is 6.79. The Balaban J connectivity index is 1.66. The van der Waals surface area contributed by atoms with Gasteiger partial charge in [0, 0.05) is 6.07 Å². The molecule has 0 saturated carbocycles. The fourth-order valence-corrected chi connectivity index (χ4v) is 3.77. The molecule has 3 rings (SSSR count). The van der Waals surface area contributed by atoms with Crippen LogP contribution in [-0.4, -0.2) is 31.9 Å². The highest BCUT2D eigenvalue weighted by atomic mass is 32.2. The summed E-state index contributed by atoms with van der Waals surface area (Å²) in [4.78, 5) is 11.5. The van der Waals surface area contributed by atoms with Crippen molar-refractivity contribution >= 4 is 10.0 Å². The number of aryl methyl sites for hydroxylation is 1. The van der Waals surface area contributed by atoms with Gasteiger partial charge in [-0.2, -0.15) is 4.31 Å². The third-order valence-corrected chi connectivity index (χ3v) is 5.21. The summed E-state index contributed by atoms with van der Waals surface area (Å²) < 4.78 is 36.5. The van der Waals surface area contributed by atoms with E-state index in [0.29, 0.717) is 11.5 Å². The van der Waals surface area contributed by atoms with Gasteiger partial charge in [0.25, 0.3) is 0 Å². The summed E-state index contributed by atoms with van der Waals surface area (Å²) in [5.74, 6) is 0.853. The molecule has 22 heavy (non-hydrogen) atoms. The van der Waals surface area contributed by atoms with E-state index in [-0.39, 0.29) is 24.1 Å². The molecular formula is C15H15NO5S. The quantitative estimate of drug-likeness (QED) is 0.851. The molecule has 0 bridgehead atoms. The molecular weight excluding hydrogens is 306 g/mol. The molecule has 1 saturated heterocycles. The number of sulfonamides is 1. The van der Waals surface area contributed by atoms with E-state index in [4.69, 9.17) is 9.15 Å².